The van der Waals surface area contributed by atoms with Crippen LogP contribution in [0.2, 0.25) is 0 Å². The van der Waals surface area contributed by atoms with Gasteiger partial charge in [-0.15, -0.1) is 0 Å². The Bertz CT molecular complexity index is 606. The predicted octanol–water partition coefficient (Wildman–Crippen LogP) is 1.15. The first-order chi connectivity index (χ1) is 13.0. The Hall–Kier alpha value is -1.64. The van der Waals surface area contributed by atoms with Crippen molar-refractivity contribution in [1.29, 1.82) is 0 Å². The number of hydrogen-bond donors (Lipinski definition) is 0. The van der Waals surface area contributed by atoms with Crippen LogP contribution in [-0.4, -0.2) is 35.9 Å². The Morgan fingerprint density at radius 1 is 0.516 bits per heavy atom. The minimum Gasteiger partial charge on any atom is -0.869 e. The molecule has 0 aliphatic rings. The molecule has 0 rings (SSSR count). The number of allylic oxidation sites excluding steroid dienone is 6. The van der Waals surface area contributed by atoms with E-state index in [-0.39, 0.29) is 59.5 Å². The molecule has 6 nitrogen and oxygen atoms in total. The van der Waals surface area contributed by atoms with Crippen molar-refractivity contribution in [1.82, 2.24) is 0 Å². The third-order valence-electron chi connectivity index (χ3n) is 1.84. The first-order valence-corrected chi connectivity index (χ1v) is 6.91. The summed E-state index contributed by atoms with van der Waals surface area (Å²) in [6, 6.07) is 0. The molecule has 0 aromatic rings. The topological polar surface area (TPSA) is 120 Å². The van der Waals surface area contributed by atoms with Crippen LogP contribution in [0.5, 0.6) is 0 Å². The molecule has 0 unspecified atom stereocenters. The Kier molecular flexibility index (Phi) is 18.0. The maximum Gasteiger partial charge on any atom is 3.00 e. The predicted molar refractivity (Wildman–Crippen MR) is 74.5 cm³/mol. The molecule has 0 bridgehead atoms. The molecular weight excluding hydrogens is 588 g/mol. The van der Waals surface area contributed by atoms with Crippen LogP contribution in [0, 0.1) is 41.3 Å². The maximum atomic E-state index is 11.3. The second kappa shape index (κ2) is 15.2. The molecule has 0 atom stereocenters. The number of rotatable bonds is 3. The van der Waals surface area contributed by atoms with Gasteiger partial charge in [-0.1, -0.05) is 0 Å². The number of alkyl halides is 9. The molecule has 0 heterocycles. The van der Waals surface area contributed by atoms with E-state index in [1.54, 1.807) is 0 Å². The minimum atomic E-state index is -4.92. The van der Waals surface area contributed by atoms with Gasteiger partial charge in [0.2, 0.25) is 0 Å². The molecule has 0 aromatic carbocycles. The van der Waals surface area contributed by atoms with Crippen molar-refractivity contribution in [3.63, 3.8) is 0 Å². The van der Waals surface area contributed by atoms with Crippen molar-refractivity contribution < 1.29 is 111 Å². The summed E-state index contributed by atoms with van der Waals surface area (Å²) in [4.78, 5) is 29.8. The van der Waals surface area contributed by atoms with Gasteiger partial charge in [-0.05, 0) is 56.3 Å². The van der Waals surface area contributed by atoms with Crippen molar-refractivity contribution in [3.8, 4) is 0 Å². The van der Waals surface area contributed by atoms with E-state index in [9.17, 15) is 69.2 Å². The average Bonchev–Trinajstić information content (AvgIpc) is 2.43. The SMILES string of the molecule is CC(=O)C=C([O-])C(F)(F)F.CC(=O)C=C([O-])C(F)(F)F.CC(=O)C=C([O-])C(F)(F)F.[Pr+3]. The minimum absolute atomic E-state index is 0. The first kappa shape index (κ1) is 36.7. The summed E-state index contributed by atoms with van der Waals surface area (Å²) in [5, 5.41) is 29.6. The summed E-state index contributed by atoms with van der Waals surface area (Å²) in [5.74, 6) is -9.04. The van der Waals surface area contributed by atoms with Gasteiger partial charge in [-0.3, -0.25) is 14.4 Å². The van der Waals surface area contributed by atoms with E-state index in [2.05, 4.69) is 0 Å². The Balaban J connectivity index is -0.000000174. The number of hydrogen-bond acceptors (Lipinski definition) is 6. The first-order valence-electron chi connectivity index (χ1n) is 6.91. The number of ketones is 3. The second-order valence-electron chi connectivity index (χ2n) is 4.85. The van der Waals surface area contributed by atoms with E-state index in [4.69, 9.17) is 0 Å². The third kappa shape index (κ3) is 24.5. The molecule has 0 spiro atoms. The van der Waals surface area contributed by atoms with Crippen LogP contribution in [0.15, 0.2) is 35.5 Å². The van der Waals surface area contributed by atoms with Crippen molar-refractivity contribution in [2.24, 2.45) is 0 Å². The van der Waals surface area contributed by atoms with Crippen LogP contribution < -0.4 is 15.3 Å². The zero-order valence-electron chi connectivity index (χ0n) is 15.7. The molecule has 0 radical (unpaired) electrons. The van der Waals surface area contributed by atoms with Gasteiger partial charge < -0.3 is 15.3 Å². The molecule has 0 aliphatic heterocycles. The van der Waals surface area contributed by atoms with E-state index in [0.29, 0.717) is 0 Å². The smallest absolute Gasteiger partial charge is 0.869 e. The largest absolute Gasteiger partial charge is 3.00 e. The monoisotopic (exact) mass is 600 g/mol. The molecule has 16 heteroatoms. The van der Waals surface area contributed by atoms with Gasteiger partial charge in [-0.25, -0.2) is 0 Å². The molecule has 0 aromatic heterocycles. The van der Waals surface area contributed by atoms with Crippen LogP contribution >= 0.6 is 0 Å². The maximum absolute atomic E-state index is 11.3. The normalized spacial score (nSPS) is 13.0. The standard InChI is InChI=1S/3C5H5F3O2.Pr/c3*1-3(9)2-4(10)5(6,7)8;/h3*2,10H,1H3;/q;;;+3/p-3. The summed E-state index contributed by atoms with van der Waals surface area (Å²) in [6.07, 6.45) is -14.7. The van der Waals surface area contributed by atoms with Crippen LogP contribution in [0.25, 0.3) is 0 Å². The quantitative estimate of drug-likeness (QED) is 0.273. The van der Waals surface area contributed by atoms with Crippen molar-refractivity contribution in [2.45, 2.75) is 39.3 Å². The van der Waals surface area contributed by atoms with E-state index >= 15 is 0 Å². The average molecular weight is 600 g/mol. The summed E-state index contributed by atoms with van der Waals surface area (Å²) < 4.78 is 101. The number of carbonyl (C=O) groups excluding carboxylic acids is 3. The van der Waals surface area contributed by atoms with Crippen LogP contribution in [0.3, 0.4) is 0 Å². The fourth-order valence-electron chi connectivity index (χ4n) is 0.799. The molecule has 0 saturated carbocycles. The summed E-state index contributed by atoms with van der Waals surface area (Å²) in [6.45, 7) is 2.64. The zero-order chi connectivity index (χ0) is 25.1. The van der Waals surface area contributed by atoms with Crippen LogP contribution in [0.1, 0.15) is 20.8 Å². The van der Waals surface area contributed by atoms with E-state index in [1.807, 2.05) is 0 Å². The van der Waals surface area contributed by atoms with Gasteiger partial charge in [0.05, 0.1) is 0 Å². The van der Waals surface area contributed by atoms with E-state index in [1.165, 1.54) is 0 Å². The summed E-state index contributed by atoms with van der Waals surface area (Å²) in [7, 11) is 0. The Morgan fingerprint density at radius 2 is 0.645 bits per heavy atom. The fourth-order valence-corrected chi connectivity index (χ4v) is 0.799. The van der Waals surface area contributed by atoms with Gasteiger partial charge in [0.1, 0.15) is 0 Å². The van der Waals surface area contributed by atoms with Gasteiger partial charge in [0, 0.05) is 0 Å². The summed E-state index contributed by atoms with van der Waals surface area (Å²) in [5.41, 5.74) is 0. The van der Waals surface area contributed by atoms with Crippen molar-refractivity contribution >= 4 is 17.3 Å². The fraction of sp³-hybridized carbons (Fsp3) is 0.400. The molecule has 174 valence electrons. The molecule has 0 fully saturated rings. The van der Waals surface area contributed by atoms with Gasteiger partial charge >= 0.3 is 59.8 Å². The van der Waals surface area contributed by atoms with Crippen molar-refractivity contribution in [3.05, 3.63) is 35.5 Å². The van der Waals surface area contributed by atoms with Crippen molar-refractivity contribution in [2.75, 3.05) is 0 Å². The Morgan fingerprint density at radius 3 is 0.677 bits per heavy atom. The Labute approximate surface area is 202 Å². The van der Waals surface area contributed by atoms with Crippen LogP contribution in [0.4, 0.5) is 39.5 Å². The van der Waals surface area contributed by atoms with E-state index in [0.717, 1.165) is 20.8 Å². The van der Waals surface area contributed by atoms with Gasteiger partial charge in [0.25, 0.3) is 0 Å². The molecule has 31 heavy (non-hydrogen) atoms. The number of carbonyl (C=O) groups is 3. The van der Waals surface area contributed by atoms with Crippen LogP contribution in [-0.2, 0) is 14.4 Å². The molecule has 0 amide bonds. The molecule has 0 aliphatic carbocycles. The molecule has 0 saturated heterocycles. The molecule has 0 N–H and O–H groups in total. The zero-order valence-corrected chi connectivity index (χ0v) is 19.4. The van der Waals surface area contributed by atoms with E-state index < -0.39 is 53.2 Å². The third-order valence-corrected chi connectivity index (χ3v) is 1.84. The summed E-state index contributed by atoms with van der Waals surface area (Å²) >= 11 is 0. The molecular formula is C15H12F9O6Pr. The van der Waals surface area contributed by atoms with Gasteiger partial charge in [-0.2, -0.15) is 39.5 Å². The van der Waals surface area contributed by atoms with Gasteiger partial charge in [0.15, 0.2) is 17.3 Å². The number of halogens is 9. The second-order valence-corrected chi connectivity index (χ2v) is 4.85.